The molecule has 0 fully saturated rings. The molecule has 2 aromatic heterocycles. The average Bonchev–Trinajstić information content (AvgIpc) is 3.22. The molecule has 3 rings (SSSR count). The number of guanidine groups is 1. The van der Waals surface area contributed by atoms with E-state index in [9.17, 15) is 0 Å². The second-order valence-electron chi connectivity index (χ2n) is 4.49. The second-order valence-corrected chi connectivity index (χ2v) is 5.47. The molecule has 2 heterocycles. The fraction of sp³-hybridized carbons (Fsp3) is 0.133. The summed E-state index contributed by atoms with van der Waals surface area (Å²) in [6, 6.07) is 11.8. The van der Waals surface area contributed by atoms with Crippen LogP contribution in [0.4, 0.5) is 11.5 Å². The molecule has 3 N–H and O–H groups in total. The Labute approximate surface area is 132 Å². The minimum Gasteiger partial charge on any atom is -0.326 e. The van der Waals surface area contributed by atoms with Crippen molar-refractivity contribution in [2.24, 2.45) is 4.99 Å². The van der Waals surface area contributed by atoms with Gasteiger partial charge in [-0.05, 0) is 12.1 Å². The molecule has 0 saturated heterocycles. The summed E-state index contributed by atoms with van der Waals surface area (Å²) in [5.41, 5.74) is 0.975. The summed E-state index contributed by atoms with van der Waals surface area (Å²) in [4.78, 5) is 8.85. The van der Waals surface area contributed by atoms with Gasteiger partial charge in [0.1, 0.15) is 5.82 Å². The fourth-order valence-electron chi connectivity index (χ4n) is 1.86. The molecule has 7 heteroatoms. The van der Waals surface area contributed by atoms with Crippen molar-refractivity contribution in [2.45, 2.75) is 6.42 Å². The Bertz CT molecular complexity index is 691. The molecule has 1 aromatic carbocycles. The Kier molecular flexibility index (Phi) is 4.78. The molecule has 0 saturated carbocycles. The molecule has 0 spiro atoms. The summed E-state index contributed by atoms with van der Waals surface area (Å²) < 4.78 is 0. The van der Waals surface area contributed by atoms with E-state index in [2.05, 4.69) is 30.8 Å². The summed E-state index contributed by atoms with van der Waals surface area (Å²) in [5, 5.41) is 16.3. The topological polar surface area (TPSA) is 78.0 Å². The highest BCUT2D eigenvalue weighted by Gasteiger charge is 2.02. The number of nitrogens with one attached hydrogen (secondary N) is 3. The summed E-state index contributed by atoms with van der Waals surface area (Å²) in [6.45, 7) is 0.657. The molecule has 0 unspecified atom stereocenters. The number of nitrogens with zero attached hydrogens (tertiary/aromatic N) is 3. The summed E-state index contributed by atoms with van der Waals surface area (Å²) in [5.74, 6) is 1.46. The first-order valence-electron chi connectivity index (χ1n) is 6.91. The lowest BCUT2D eigenvalue weighted by atomic mass is 10.3. The zero-order valence-corrected chi connectivity index (χ0v) is 12.7. The number of aromatic nitrogens is 3. The lowest BCUT2D eigenvalue weighted by molar-refractivity contribution is 0.951. The van der Waals surface area contributed by atoms with Crippen LogP contribution in [0.15, 0.2) is 59.2 Å². The van der Waals surface area contributed by atoms with Crippen LogP contribution in [-0.4, -0.2) is 27.7 Å². The summed E-state index contributed by atoms with van der Waals surface area (Å²) in [7, 11) is 0. The Balaban J connectivity index is 1.67. The van der Waals surface area contributed by atoms with Crippen LogP contribution in [0.3, 0.4) is 0 Å². The Morgan fingerprint density at radius 1 is 1.14 bits per heavy atom. The predicted molar refractivity (Wildman–Crippen MR) is 90.4 cm³/mol. The molecular formula is C15H16N6S. The van der Waals surface area contributed by atoms with Crippen LogP contribution in [0.1, 0.15) is 5.01 Å². The van der Waals surface area contributed by atoms with E-state index in [4.69, 9.17) is 0 Å². The van der Waals surface area contributed by atoms with E-state index in [-0.39, 0.29) is 0 Å². The van der Waals surface area contributed by atoms with Crippen LogP contribution < -0.4 is 10.6 Å². The van der Waals surface area contributed by atoms with Crippen LogP contribution in [-0.2, 0) is 6.42 Å². The minimum atomic E-state index is 0.657. The summed E-state index contributed by atoms with van der Waals surface area (Å²) >= 11 is 1.65. The van der Waals surface area contributed by atoms with E-state index in [1.165, 1.54) is 0 Å². The van der Waals surface area contributed by atoms with Gasteiger partial charge in [0, 0.05) is 36.3 Å². The molecule has 6 nitrogen and oxygen atoms in total. The molecule has 3 aromatic rings. The average molecular weight is 312 g/mol. The van der Waals surface area contributed by atoms with Gasteiger partial charge >= 0.3 is 0 Å². The first kappa shape index (κ1) is 14.3. The fourth-order valence-corrected chi connectivity index (χ4v) is 2.47. The van der Waals surface area contributed by atoms with Crippen LogP contribution in [0, 0.1) is 0 Å². The second kappa shape index (κ2) is 7.37. The van der Waals surface area contributed by atoms with Gasteiger partial charge in [-0.3, -0.25) is 10.1 Å². The number of benzene rings is 1. The maximum Gasteiger partial charge on any atom is 0.201 e. The van der Waals surface area contributed by atoms with E-state index in [0.29, 0.717) is 12.5 Å². The zero-order valence-electron chi connectivity index (χ0n) is 11.9. The first-order chi connectivity index (χ1) is 10.9. The number of hydrogen-bond acceptors (Lipinski definition) is 4. The number of aromatic amines is 1. The van der Waals surface area contributed by atoms with Gasteiger partial charge in [0.25, 0.3) is 0 Å². The van der Waals surface area contributed by atoms with Gasteiger partial charge in [-0.25, -0.2) is 4.98 Å². The standard InChI is InChI=1S/C15H16N6S/c1-2-4-12(5-3-1)19-15(20-13-6-9-18-21-13)17-8-7-14-16-10-11-22-14/h1-6,9-11H,7-8H2,(H3,17,18,19,20,21). The van der Waals surface area contributed by atoms with Crippen LogP contribution in [0.25, 0.3) is 0 Å². The van der Waals surface area contributed by atoms with E-state index < -0.39 is 0 Å². The van der Waals surface area contributed by atoms with E-state index in [1.807, 2.05) is 48.0 Å². The van der Waals surface area contributed by atoms with Crippen molar-refractivity contribution in [3.8, 4) is 0 Å². The van der Waals surface area contributed by atoms with Crippen molar-refractivity contribution in [1.82, 2.24) is 15.2 Å². The maximum absolute atomic E-state index is 4.58. The van der Waals surface area contributed by atoms with Crippen molar-refractivity contribution in [2.75, 3.05) is 17.2 Å². The Morgan fingerprint density at radius 2 is 2.05 bits per heavy atom. The summed E-state index contributed by atoms with van der Waals surface area (Å²) in [6.07, 6.45) is 4.33. The third-order valence-electron chi connectivity index (χ3n) is 2.87. The van der Waals surface area contributed by atoms with Gasteiger partial charge in [-0.1, -0.05) is 18.2 Å². The predicted octanol–water partition coefficient (Wildman–Crippen LogP) is 2.99. The number of H-pyrrole nitrogens is 1. The van der Waals surface area contributed by atoms with Crippen molar-refractivity contribution < 1.29 is 0 Å². The maximum atomic E-state index is 4.58. The van der Waals surface area contributed by atoms with Crippen LogP contribution in [0.2, 0.25) is 0 Å². The van der Waals surface area contributed by atoms with Crippen LogP contribution in [0.5, 0.6) is 0 Å². The molecule has 0 bridgehead atoms. The minimum absolute atomic E-state index is 0.657. The van der Waals surface area contributed by atoms with E-state index in [1.54, 1.807) is 17.5 Å². The molecule has 112 valence electrons. The van der Waals surface area contributed by atoms with Crippen molar-refractivity contribution in [1.29, 1.82) is 0 Å². The molecule has 0 radical (unpaired) electrons. The normalized spacial score (nSPS) is 11.4. The number of anilines is 2. The first-order valence-corrected chi connectivity index (χ1v) is 7.79. The molecule has 0 aliphatic heterocycles. The van der Waals surface area contributed by atoms with E-state index in [0.717, 1.165) is 22.9 Å². The molecule has 0 aliphatic rings. The van der Waals surface area contributed by atoms with Gasteiger partial charge in [0.2, 0.25) is 5.96 Å². The Hall–Kier alpha value is -2.67. The van der Waals surface area contributed by atoms with Crippen molar-refractivity contribution >= 4 is 28.8 Å². The molecule has 22 heavy (non-hydrogen) atoms. The lowest BCUT2D eigenvalue weighted by Crippen LogP contribution is -2.23. The molecule has 0 atom stereocenters. The zero-order chi connectivity index (χ0) is 15.0. The quantitative estimate of drug-likeness (QED) is 0.500. The smallest absolute Gasteiger partial charge is 0.201 e. The molecule has 0 aliphatic carbocycles. The van der Waals surface area contributed by atoms with Gasteiger partial charge in [-0.15, -0.1) is 11.3 Å². The highest BCUT2D eigenvalue weighted by molar-refractivity contribution is 7.09. The lowest BCUT2D eigenvalue weighted by Gasteiger charge is -2.11. The number of hydrogen-bond donors (Lipinski definition) is 3. The van der Waals surface area contributed by atoms with Gasteiger partial charge in [0.05, 0.1) is 11.2 Å². The van der Waals surface area contributed by atoms with Crippen molar-refractivity contribution in [3.63, 3.8) is 0 Å². The third-order valence-corrected chi connectivity index (χ3v) is 3.71. The SMILES string of the molecule is c1ccc(NC(=NCCc2nccs2)Nc2ccn[nH]2)cc1. The van der Waals surface area contributed by atoms with Gasteiger partial charge in [0.15, 0.2) is 0 Å². The van der Waals surface area contributed by atoms with Gasteiger partial charge in [-0.2, -0.15) is 5.10 Å². The number of thiazole rings is 1. The molecular weight excluding hydrogens is 296 g/mol. The largest absolute Gasteiger partial charge is 0.326 e. The number of para-hydroxylation sites is 1. The van der Waals surface area contributed by atoms with Crippen molar-refractivity contribution in [3.05, 3.63) is 59.2 Å². The van der Waals surface area contributed by atoms with E-state index >= 15 is 0 Å². The number of rotatable bonds is 5. The molecule has 0 amide bonds. The highest BCUT2D eigenvalue weighted by atomic mass is 32.1. The highest BCUT2D eigenvalue weighted by Crippen LogP contribution is 2.08. The number of aliphatic imine (C=N–C) groups is 1. The monoisotopic (exact) mass is 312 g/mol. The van der Waals surface area contributed by atoms with Crippen LogP contribution >= 0.6 is 11.3 Å². The third kappa shape index (κ3) is 4.16. The van der Waals surface area contributed by atoms with Gasteiger partial charge < -0.3 is 10.6 Å². The Morgan fingerprint density at radius 3 is 2.77 bits per heavy atom.